The maximum Gasteiger partial charge on any atom is 0.225 e. The minimum absolute atomic E-state index is 0.0457. The predicted molar refractivity (Wildman–Crippen MR) is 104 cm³/mol. The Bertz CT molecular complexity index is 791. The van der Waals surface area contributed by atoms with Crippen LogP contribution in [0.15, 0.2) is 24.3 Å². The van der Waals surface area contributed by atoms with Gasteiger partial charge in [0.1, 0.15) is 0 Å². The fourth-order valence-electron chi connectivity index (χ4n) is 5.81. The molecule has 2 saturated carbocycles. The number of carbonyl (C=O) groups is 2. The number of carbonyl (C=O) groups excluding carboxylic acids is 2. The van der Waals surface area contributed by atoms with Gasteiger partial charge >= 0.3 is 0 Å². The molecule has 1 N–H and O–H groups in total. The Hall–Kier alpha value is -1.84. The van der Waals surface area contributed by atoms with Crippen LogP contribution in [0, 0.1) is 17.8 Å². The number of hydrogen-bond acceptors (Lipinski definition) is 2. The van der Waals surface area contributed by atoms with Gasteiger partial charge in [0.05, 0.1) is 0 Å². The summed E-state index contributed by atoms with van der Waals surface area (Å²) >= 11 is 0. The number of nitrogens with one attached hydrogen (secondary N) is 1. The van der Waals surface area contributed by atoms with Gasteiger partial charge in [-0.3, -0.25) is 9.59 Å². The van der Waals surface area contributed by atoms with Gasteiger partial charge in [0.2, 0.25) is 11.8 Å². The molecule has 2 heterocycles. The number of amides is 2. The number of rotatable bonds is 2. The molecule has 2 aliphatic heterocycles. The van der Waals surface area contributed by atoms with E-state index in [1.54, 1.807) is 0 Å². The minimum atomic E-state index is -0.0457. The normalized spacial score (nSPS) is 37.1. The minimum Gasteiger partial charge on any atom is -0.351 e. The van der Waals surface area contributed by atoms with Crippen molar-refractivity contribution in [3.05, 3.63) is 35.4 Å². The van der Waals surface area contributed by atoms with Gasteiger partial charge in [0, 0.05) is 31.0 Å². The van der Waals surface area contributed by atoms with E-state index < -0.39 is 0 Å². The first-order chi connectivity index (χ1) is 12.8. The zero-order chi connectivity index (χ0) is 19.0. The molecule has 4 nitrogen and oxygen atoms in total. The quantitative estimate of drug-likeness (QED) is 0.874. The highest BCUT2D eigenvalue weighted by Crippen LogP contribution is 2.59. The zero-order valence-electron chi connectivity index (χ0n) is 16.6. The van der Waals surface area contributed by atoms with Crippen LogP contribution in [0.1, 0.15) is 63.5 Å². The highest BCUT2D eigenvalue weighted by Gasteiger charge is 2.59. The lowest BCUT2D eigenvalue weighted by Crippen LogP contribution is -2.56. The maximum absolute atomic E-state index is 12.9. The van der Waals surface area contributed by atoms with Crippen LogP contribution in [0.2, 0.25) is 0 Å². The van der Waals surface area contributed by atoms with E-state index in [4.69, 9.17) is 0 Å². The van der Waals surface area contributed by atoms with E-state index in [-0.39, 0.29) is 22.8 Å². The predicted octanol–water partition coefficient (Wildman–Crippen LogP) is 3.21. The Kier molecular flexibility index (Phi) is 3.57. The summed E-state index contributed by atoms with van der Waals surface area (Å²) in [6, 6.07) is 9.07. The Morgan fingerprint density at radius 2 is 1.89 bits per heavy atom. The fraction of sp³-hybridized carbons (Fsp3) is 0.652. The number of hydrogen-bond donors (Lipinski definition) is 1. The molecule has 3 atom stereocenters. The molecule has 0 radical (unpaired) electrons. The van der Waals surface area contributed by atoms with Crippen LogP contribution in [-0.4, -0.2) is 35.3 Å². The third-order valence-electron chi connectivity index (χ3n) is 7.50. The van der Waals surface area contributed by atoms with Crippen molar-refractivity contribution in [3.8, 4) is 0 Å². The molecule has 1 spiro atoms. The smallest absolute Gasteiger partial charge is 0.225 e. The lowest BCUT2D eigenvalue weighted by Gasteiger charge is -2.45. The van der Waals surface area contributed by atoms with E-state index in [0.29, 0.717) is 30.1 Å². The fourth-order valence-corrected chi connectivity index (χ4v) is 5.81. The monoisotopic (exact) mass is 366 g/mol. The van der Waals surface area contributed by atoms with Crippen molar-refractivity contribution in [2.45, 2.75) is 63.3 Å². The maximum atomic E-state index is 12.9. The van der Waals surface area contributed by atoms with Gasteiger partial charge in [0.25, 0.3) is 0 Å². The van der Waals surface area contributed by atoms with Crippen molar-refractivity contribution in [3.63, 3.8) is 0 Å². The first-order valence-corrected chi connectivity index (χ1v) is 10.5. The van der Waals surface area contributed by atoms with Crippen LogP contribution in [0.25, 0.3) is 0 Å². The second-order valence-corrected chi connectivity index (χ2v) is 10.4. The summed E-state index contributed by atoms with van der Waals surface area (Å²) in [5.74, 6) is 2.54. The standard InChI is InChI=1S/C23H30N2O2/c1-22(2,3)16-6-4-5-14(9-16)20-17-12-25(13-18(17)20)21(27)15-10-23(11-15)8-7-19(26)24-23/h4-6,9,15,17-18,20H,7-8,10-13H2,1-3H3,(H,24,26)/t15?,17-,18+,20-,23?. The largest absolute Gasteiger partial charge is 0.351 e. The Balaban J connectivity index is 1.18. The summed E-state index contributed by atoms with van der Waals surface area (Å²) in [5, 5.41) is 3.10. The van der Waals surface area contributed by atoms with Gasteiger partial charge in [-0.2, -0.15) is 0 Å². The third kappa shape index (κ3) is 2.79. The average molecular weight is 367 g/mol. The highest BCUT2D eigenvalue weighted by molar-refractivity contribution is 5.84. The molecule has 1 aromatic rings. The molecular weight excluding hydrogens is 336 g/mol. The van der Waals surface area contributed by atoms with E-state index in [1.807, 2.05) is 0 Å². The zero-order valence-corrected chi connectivity index (χ0v) is 16.6. The molecule has 2 aliphatic carbocycles. The van der Waals surface area contributed by atoms with Crippen molar-refractivity contribution < 1.29 is 9.59 Å². The topological polar surface area (TPSA) is 49.4 Å². The van der Waals surface area contributed by atoms with Gasteiger partial charge in [-0.05, 0) is 53.6 Å². The van der Waals surface area contributed by atoms with Crippen molar-refractivity contribution in [2.24, 2.45) is 17.8 Å². The van der Waals surface area contributed by atoms with Crippen molar-refractivity contribution in [2.75, 3.05) is 13.1 Å². The SMILES string of the molecule is CC(C)(C)c1cccc([C@@H]2[C@@H]3CN(C(=O)C4CC5(CCC(=O)N5)C4)C[C@@H]32)c1. The lowest BCUT2D eigenvalue weighted by atomic mass is 9.67. The molecule has 1 aromatic carbocycles. The first kappa shape index (κ1) is 17.3. The number of likely N-dealkylation sites (tertiary alicyclic amines) is 1. The third-order valence-corrected chi connectivity index (χ3v) is 7.50. The van der Waals surface area contributed by atoms with E-state index in [1.165, 1.54) is 11.1 Å². The van der Waals surface area contributed by atoms with Gasteiger partial charge < -0.3 is 10.2 Å². The van der Waals surface area contributed by atoms with E-state index >= 15 is 0 Å². The molecule has 27 heavy (non-hydrogen) atoms. The Morgan fingerprint density at radius 3 is 2.48 bits per heavy atom. The van der Waals surface area contributed by atoms with Gasteiger partial charge in [0.15, 0.2) is 0 Å². The molecular formula is C23H30N2O2. The lowest BCUT2D eigenvalue weighted by molar-refractivity contribution is -0.141. The van der Waals surface area contributed by atoms with E-state index in [2.05, 4.69) is 55.3 Å². The highest BCUT2D eigenvalue weighted by atomic mass is 16.2. The van der Waals surface area contributed by atoms with Crippen molar-refractivity contribution >= 4 is 11.8 Å². The molecule has 2 saturated heterocycles. The molecule has 4 fully saturated rings. The van der Waals surface area contributed by atoms with Crippen molar-refractivity contribution in [1.29, 1.82) is 0 Å². The first-order valence-electron chi connectivity index (χ1n) is 10.5. The van der Waals surface area contributed by atoms with Gasteiger partial charge in [-0.1, -0.05) is 45.0 Å². The number of fused-ring (bicyclic) bond motifs is 1. The summed E-state index contributed by atoms with van der Waals surface area (Å²) in [6.07, 6.45) is 3.23. The molecule has 2 amide bonds. The molecule has 0 bridgehead atoms. The molecule has 4 heteroatoms. The summed E-state index contributed by atoms with van der Waals surface area (Å²) in [7, 11) is 0. The molecule has 0 aromatic heterocycles. The van der Waals surface area contributed by atoms with Crippen LogP contribution in [-0.2, 0) is 15.0 Å². The Morgan fingerprint density at radius 1 is 1.19 bits per heavy atom. The second-order valence-electron chi connectivity index (χ2n) is 10.4. The van der Waals surface area contributed by atoms with Crippen molar-refractivity contribution in [1.82, 2.24) is 10.2 Å². The summed E-state index contributed by atoms with van der Waals surface area (Å²) in [6.45, 7) is 8.63. The van der Waals surface area contributed by atoms with E-state index in [9.17, 15) is 9.59 Å². The van der Waals surface area contributed by atoms with Crippen LogP contribution < -0.4 is 5.32 Å². The molecule has 4 aliphatic rings. The summed E-state index contributed by atoms with van der Waals surface area (Å²) < 4.78 is 0. The Labute approximate surface area is 161 Å². The molecule has 0 unspecified atom stereocenters. The van der Waals surface area contributed by atoms with Gasteiger partial charge in [-0.15, -0.1) is 0 Å². The number of nitrogens with zero attached hydrogens (tertiary/aromatic N) is 1. The summed E-state index contributed by atoms with van der Waals surface area (Å²) in [4.78, 5) is 26.4. The number of piperidine rings is 1. The van der Waals surface area contributed by atoms with Crippen LogP contribution in [0.3, 0.4) is 0 Å². The average Bonchev–Trinajstić information content (AvgIpc) is 2.93. The van der Waals surface area contributed by atoms with Crippen LogP contribution in [0.4, 0.5) is 0 Å². The van der Waals surface area contributed by atoms with E-state index in [0.717, 1.165) is 32.4 Å². The molecule has 5 rings (SSSR count). The van der Waals surface area contributed by atoms with Crippen LogP contribution in [0.5, 0.6) is 0 Å². The second kappa shape index (κ2) is 5.59. The number of benzene rings is 1. The summed E-state index contributed by atoms with van der Waals surface area (Å²) in [5.41, 5.74) is 2.99. The molecule has 144 valence electrons. The van der Waals surface area contributed by atoms with Crippen LogP contribution >= 0.6 is 0 Å². The van der Waals surface area contributed by atoms with Gasteiger partial charge in [-0.25, -0.2) is 0 Å².